The van der Waals surface area contributed by atoms with Crippen molar-refractivity contribution >= 4 is 5.97 Å². The smallest absolute Gasteiger partial charge is 0.310 e. The Kier molecular flexibility index (Phi) is 3.26. The first-order valence-electron chi connectivity index (χ1n) is 8.85. The summed E-state index contributed by atoms with van der Waals surface area (Å²) < 4.78 is 11.0. The third-order valence-electron chi connectivity index (χ3n) is 7.20. The van der Waals surface area contributed by atoms with Gasteiger partial charge in [0.25, 0.3) is 0 Å². The summed E-state index contributed by atoms with van der Waals surface area (Å²) in [5, 5.41) is 0. The molecule has 0 radical (unpaired) electrons. The summed E-state index contributed by atoms with van der Waals surface area (Å²) in [6.07, 6.45) is 10.9. The highest BCUT2D eigenvalue weighted by Crippen LogP contribution is 2.64. The zero-order chi connectivity index (χ0) is 16.2. The standard InChI is InChI=1S/C20H26O3/c1-13-5-4-6-17-19(13,2)9-7-15-18(21)23-16(11-20(15,17)3)14-8-10-22-12-14/h5,8,10,12,15-17H,4,6-7,9,11H2,1-3H3/t15-,16-,17-,19-,20-/m0/s1. The number of hydrogen-bond donors (Lipinski definition) is 0. The van der Waals surface area contributed by atoms with Crippen molar-refractivity contribution in [3.8, 4) is 0 Å². The van der Waals surface area contributed by atoms with Gasteiger partial charge >= 0.3 is 5.97 Å². The van der Waals surface area contributed by atoms with Gasteiger partial charge in [0, 0.05) is 5.56 Å². The number of carbonyl (C=O) groups excluding carboxylic acids is 1. The average Bonchev–Trinajstić information content (AvgIpc) is 3.03. The minimum absolute atomic E-state index is 0.000735. The first-order valence-corrected chi connectivity index (χ1v) is 8.85. The maximum atomic E-state index is 12.7. The molecule has 5 atom stereocenters. The molecule has 0 amide bonds. The van der Waals surface area contributed by atoms with Crippen LogP contribution in [0.3, 0.4) is 0 Å². The highest BCUT2D eigenvalue weighted by molar-refractivity contribution is 5.75. The molecule has 124 valence electrons. The minimum atomic E-state index is -0.156. The van der Waals surface area contributed by atoms with E-state index in [-0.39, 0.29) is 28.8 Å². The summed E-state index contributed by atoms with van der Waals surface area (Å²) in [4.78, 5) is 12.7. The van der Waals surface area contributed by atoms with E-state index < -0.39 is 0 Å². The lowest BCUT2D eigenvalue weighted by molar-refractivity contribution is -0.190. The van der Waals surface area contributed by atoms with E-state index in [2.05, 4.69) is 26.8 Å². The van der Waals surface area contributed by atoms with Gasteiger partial charge in [0.15, 0.2) is 0 Å². The molecule has 1 aromatic rings. The lowest BCUT2D eigenvalue weighted by atomic mass is 9.46. The topological polar surface area (TPSA) is 39.4 Å². The van der Waals surface area contributed by atoms with Crippen LogP contribution in [0.25, 0.3) is 0 Å². The van der Waals surface area contributed by atoms with Gasteiger partial charge in [0.2, 0.25) is 0 Å². The lowest BCUT2D eigenvalue weighted by Crippen LogP contribution is -2.55. The molecule has 0 aromatic carbocycles. The molecule has 0 N–H and O–H groups in total. The van der Waals surface area contributed by atoms with Crippen molar-refractivity contribution in [2.24, 2.45) is 22.7 Å². The van der Waals surface area contributed by atoms with Crippen molar-refractivity contribution in [2.45, 2.75) is 59.0 Å². The van der Waals surface area contributed by atoms with Gasteiger partial charge < -0.3 is 9.15 Å². The summed E-state index contributed by atoms with van der Waals surface area (Å²) in [6, 6.07) is 1.93. The summed E-state index contributed by atoms with van der Waals surface area (Å²) in [6.45, 7) is 7.04. The van der Waals surface area contributed by atoms with Gasteiger partial charge in [0.1, 0.15) is 6.10 Å². The number of fused-ring (bicyclic) bond motifs is 3. The van der Waals surface area contributed by atoms with Gasteiger partial charge in [0.05, 0.1) is 18.4 Å². The molecule has 23 heavy (non-hydrogen) atoms. The summed E-state index contributed by atoms with van der Waals surface area (Å²) >= 11 is 0. The second-order valence-corrected chi connectivity index (χ2v) is 8.22. The highest BCUT2D eigenvalue weighted by atomic mass is 16.5. The number of esters is 1. The lowest BCUT2D eigenvalue weighted by Gasteiger charge is -2.59. The second-order valence-electron chi connectivity index (χ2n) is 8.22. The number of carbonyl (C=O) groups is 1. The molecule has 4 rings (SSSR count). The van der Waals surface area contributed by atoms with Crippen LogP contribution in [0.15, 0.2) is 34.7 Å². The first kappa shape index (κ1) is 15.0. The predicted molar refractivity (Wildman–Crippen MR) is 87.6 cm³/mol. The Bertz CT molecular complexity index is 644. The summed E-state index contributed by atoms with van der Waals surface area (Å²) in [5.41, 5.74) is 2.77. The molecule has 1 aromatic heterocycles. The van der Waals surface area contributed by atoms with Crippen LogP contribution in [0.5, 0.6) is 0 Å². The Hall–Kier alpha value is -1.51. The zero-order valence-corrected chi connectivity index (χ0v) is 14.3. The summed E-state index contributed by atoms with van der Waals surface area (Å²) in [7, 11) is 0. The fourth-order valence-electron chi connectivity index (χ4n) is 5.72. The van der Waals surface area contributed by atoms with Crippen molar-refractivity contribution < 1.29 is 13.9 Å². The van der Waals surface area contributed by atoms with E-state index in [1.165, 1.54) is 12.0 Å². The van der Waals surface area contributed by atoms with Gasteiger partial charge in [-0.3, -0.25) is 4.79 Å². The molecule has 1 saturated carbocycles. The number of furan rings is 1. The second kappa shape index (κ2) is 4.99. The van der Waals surface area contributed by atoms with Gasteiger partial charge in [-0.25, -0.2) is 0 Å². The molecular weight excluding hydrogens is 288 g/mol. The van der Waals surface area contributed by atoms with E-state index in [0.717, 1.165) is 31.2 Å². The highest BCUT2D eigenvalue weighted by Gasteiger charge is 2.59. The molecule has 3 nitrogen and oxygen atoms in total. The fraction of sp³-hybridized carbons (Fsp3) is 0.650. The van der Waals surface area contributed by atoms with Crippen LogP contribution < -0.4 is 0 Å². The van der Waals surface area contributed by atoms with E-state index in [9.17, 15) is 4.79 Å². The SMILES string of the molecule is CC1=CCC[C@@H]2[C@@]3(C)C[C@@H](c4ccoc4)OC(=O)[C@@H]3CC[C@@]12C. The Morgan fingerprint density at radius 3 is 2.83 bits per heavy atom. The Balaban J connectivity index is 1.73. The van der Waals surface area contributed by atoms with Crippen LogP contribution in [0.1, 0.15) is 64.5 Å². The number of hydrogen-bond acceptors (Lipinski definition) is 3. The average molecular weight is 314 g/mol. The molecule has 1 aliphatic heterocycles. The van der Waals surface area contributed by atoms with E-state index >= 15 is 0 Å². The van der Waals surface area contributed by atoms with Crippen molar-refractivity contribution in [1.29, 1.82) is 0 Å². The summed E-state index contributed by atoms with van der Waals surface area (Å²) in [5.74, 6) is 0.606. The molecule has 2 heterocycles. The van der Waals surface area contributed by atoms with Crippen LogP contribution in [-0.2, 0) is 9.53 Å². The Labute approximate surface area is 138 Å². The van der Waals surface area contributed by atoms with Crippen molar-refractivity contribution in [2.75, 3.05) is 0 Å². The largest absolute Gasteiger partial charge is 0.472 e. The molecule has 3 heteroatoms. The zero-order valence-electron chi connectivity index (χ0n) is 14.3. The monoisotopic (exact) mass is 314 g/mol. The Morgan fingerprint density at radius 1 is 1.26 bits per heavy atom. The van der Waals surface area contributed by atoms with Crippen LogP contribution in [0.2, 0.25) is 0 Å². The third-order valence-corrected chi connectivity index (χ3v) is 7.20. The van der Waals surface area contributed by atoms with Crippen molar-refractivity contribution in [3.63, 3.8) is 0 Å². The van der Waals surface area contributed by atoms with E-state index in [1.807, 2.05) is 6.07 Å². The van der Waals surface area contributed by atoms with Crippen LogP contribution in [0, 0.1) is 22.7 Å². The number of ether oxygens (including phenoxy) is 1. The van der Waals surface area contributed by atoms with Crippen LogP contribution in [-0.4, -0.2) is 5.97 Å². The Morgan fingerprint density at radius 2 is 2.09 bits per heavy atom. The molecule has 2 aliphatic carbocycles. The molecule has 0 bridgehead atoms. The van der Waals surface area contributed by atoms with Crippen LogP contribution >= 0.6 is 0 Å². The molecule has 2 fully saturated rings. The third kappa shape index (κ3) is 2.05. The van der Waals surface area contributed by atoms with Gasteiger partial charge in [-0.2, -0.15) is 0 Å². The quantitative estimate of drug-likeness (QED) is 0.538. The van der Waals surface area contributed by atoms with Crippen LogP contribution in [0.4, 0.5) is 0 Å². The maximum Gasteiger partial charge on any atom is 0.310 e. The maximum absolute atomic E-state index is 12.7. The van der Waals surface area contributed by atoms with Gasteiger partial charge in [-0.05, 0) is 61.8 Å². The fourth-order valence-corrected chi connectivity index (χ4v) is 5.72. The number of cyclic esters (lactones) is 1. The van der Waals surface area contributed by atoms with Gasteiger partial charge in [-0.15, -0.1) is 0 Å². The predicted octanol–water partition coefficient (Wildman–Crippen LogP) is 5.05. The normalized spacial score (nSPS) is 43.2. The van der Waals surface area contributed by atoms with Crippen molar-refractivity contribution in [1.82, 2.24) is 0 Å². The first-order chi connectivity index (χ1) is 10.9. The molecule has 0 spiro atoms. The van der Waals surface area contributed by atoms with E-state index in [1.54, 1.807) is 12.5 Å². The molecule has 3 aliphatic rings. The minimum Gasteiger partial charge on any atom is -0.472 e. The molecule has 1 saturated heterocycles. The van der Waals surface area contributed by atoms with E-state index in [0.29, 0.717) is 5.92 Å². The molecule has 0 unspecified atom stereocenters. The van der Waals surface area contributed by atoms with Gasteiger partial charge in [-0.1, -0.05) is 25.5 Å². The van der Waals surface area contributed by atoms with E-state index in [4.69, 9.17) is 9.15 Å². The number of allylic oxidation sites excluding steroid dienone is 2. The number of rotatable bonds is 1. The van der Waals surface area contributed by atoms with Crippen molar-refractivity contribution in [3.05, 3.63) is 35.8 Å². The molecular formula is C20H26O3.